The Labute approximate surface area is 131 Å². The number of nitrogens with one attached hydrogen (secondary N) is 1. The molecule has 0 fully saturated rings. The Morgan fingerprint density at radius 3 is 2.27 bits per heavy atom. The summed E-state index contributed by atoms with van der Waals surface area (Å²) in [6.07, 6.45) is 0.378. The number of methoxy groups -OCH3 is 2. The highest BCUT2D eigenvalue weighted by Crippen LogP contribution is 2.22. The van der Waals surface area contributed by atoms with Gasteiger partial charge in [-0.3, -0.25) is 4.79 Å². The van der Waals surface area contributed by atoms with Crippen molar-refractivity contribution in [3.8, 4) is 11.5 Å². The zero-order valence-corrected chi connectivity index (χ0v) is 13.2. The van der Waals surface area contributed by atoms with E-state index in [4.69, 9.17) is 9.47 Å². The summed E-state index contributed by atoms with van der Waals surface area (Å²) in [5.41, 5.74) is 3.11. The molecule has 2 aromatic carbocycles. The largest absolute Gasteiger partial charge is 0.497 e. The molecule has 0 saturated heterocycles. The first-order valence-corrected chi connectivity index (χ1v) is 7.15. The highest BCUT2D eigenvalue weighted by molar-refractivity contribution is 5.78. The van der Waals surface area contributed by atoms with Gasteiger partial charge in [0.1, 0.15) is 11.5 Å². The Kier molecular flexibility index (Phi) is 5.42. The van der Waals surface area contributed by atoms with Crippen molar-refractivity contribution in [2.24, 2.45) is 0 Å². The summed E-state index contributed by atoms with van der Waals surface area (Å²) in [5.74, 6) is 1.41. The fourth-order valence-electron chi connectivity index (χ4n) is 2.24. The van der Waals surface area contributed by atoms with Crippen molar-refractivity contribution in [2.75, 3.05) is 14.2 Å². The Morgan fingerprint density at radius 1 is 1.00 bits per heavy atom. The van der Waals surface area contributed by atoms with Gasteiger partial charge in [0.05, 0.1) is 20.6 Å². The molecule has 0 aliphatic carbocycles. The zero-order valence-electron chi connectivity index (χ0n) is 13.2. The molecular weight excluding hydrogens is 278 g/mol. The van der Waals surface area contributed by atoms with E-state index in [9.17, 15) is 4.79 Å². The maximum Gasteiger partial charge on any atom is 0.224 e. The van der Waals surface area contributed by atoms with Crippen LogP contribution in [0.2, 0.25) is 0 Å². The van der Waals surface area contributed by atoms with E-state index < -0.39 is 0 Å². The second-order valence-corrected chi connectivity index (χ2v) is 5.16. The van der Waals surface area contributed by atoms with E-state index in [1.165, 1.54) is 0 Å². The van der Waals surface area contributed by atoms with Crippen LogP contribution in [0.5, 0.6) is 11.5 Å². The first kappa shape index (κ1) is 15.9. The lowest BCUT2D eigenvalue weighted by atomic mass is 10.1. The summed E-state index contributed by atoms with van der Waals surface area (Å²) in [7, 11) is 3.21. The molecule has 0 saturated carbocycles. The van der Waals surface area contributed by atoms with Crippen molar-refractivity contribution in [1.29, 1.82) is 0 Å². The quantitative estimate of drug-likeness (QED) is 0.892. The summed E-state index contributed by atoms with van der Waals surface area (Å²) in [4.78, 5) is 12.0. The molecule has 0 unspecified atom stereocenters. The number of rotatable bonds is 6. The molecule has 0 aliphatic rings. The number of benzene rings is 2. The second kappa shape index (κ2) is 7.50. The fraction of sp³-hybridized carbons (Fsp3) is 0.278. The molecule has 0 aliphatic heterocycles. The molecule has 116 valence electrons. The SMILES string of the molecule is COc1cc(CNC(=O)Cc2cccc(C)c2)cc(OC)c1. The van der Waals surface area contributed by atoms with Gasteiger partial charge in [-0.15, -0.1) is 0 Å². The van der Waals surface area contributed by atoms with Gasteiger partial charge in [0.25, 0.3) is 0 Å². The van der Waals surface area contributed by atoms with Gasteiger partial charge >= 0.3 is 0 Å². The first-order valence-electron chi connectivity index (χ1n) is 7.15. The molecular formula is C18H21NO3. The molecule has 1 N–H and O–H groups in total. The molecule has 2 aromatic rings. The standard InChI is InChI=1S/C18H21NO3/c1-13-5-4-6-14(7-13)10-18(20)19-12-15-8-16(21-2)11-17(9-15)22-3/h4-9,11H,10,12H2,1-3H3,(H,19,20). The number of carbonyl (C=O) groups excluding carboxylic acids is 1. The molecule has 4 heteroatoms. The van der Waals surface area contributed by atoms with Crippen LogP contribution in [0.4, 0.5) is 0 Å². The minimum atomic E-state index is -0.00705. The third-order valence-electron chi connectivity index (χ3n) is 3.35. The molecule has 22 heavy (non-hydrogen) atoms. The average molecular weight is 299 g/mol. The normalized spacial score (nSPS) is 10.1. The fourth-order valence-corrected chi connectivity index (χ4v) is 2.24. The van der Waals surface area contributed by atoms with E-state index in [0.717, 1.165) is 16.7 Å². The van der Waals surface area contributed by atoms with Gasteiger partial charge in [-0.2, -0.15) is 0 Å². The van der Waals surface area contributed by atoms with Gasteiger partial charge in [-0.25, -0.2) is 0 Å². The molecule has 4 nitrogen and oxygen atoms in total. The van der Waals surface area contributed by atoms with Gasteiger partial charge < -0.3 is 14.8 Å². The van der Waals surface area contributed by atoms with Crippen LogP contribution in [0.25, 0.3) is 0 Å². The van der Waals surface area contributed by atoms with Crippen LogP contribution >= 0.6 is 0 Å². The van der Waals surface area contributed by atoms with E-state index in [1.807, 2.05) is 43.3 Å². The molecule has 0 radical (unpaired) electrons. The summed E-state index contributed by atoms with van der Waals surface area (Å²) in [6, 6.07) is 13.5. The van der Waals surface area contributed by atoms with Crippen molar-refractivity contribution >= 4 is 5.91 Å². The first-order chi connectivity index (χ1) is 10.6. The second-order valence-electron chi connectivity index (χ2n) is 5.16. The summed E-state index contributed by atoms with van der Waals surface area (Å²) in [6.45, 7) is 2.46. The number of hydrogen-bond acceptors (Lipinski definition) is 3. The van der Waals surface area contributed by atoms with Crippen LogP contribution in [0.1, 0.15) is 16.7 Å². The third-order valence-corrected chi connectivity index (χ3v) is 3.35. The smallest absolute Gasteiger partial charge is 0.224 e. The van der Waals surface area contributed by atoms with E-state index in [0.29, 0.717) is 24.5 Å². The molecule has 2 rings (SSSR count). The van der Waals surface area contributed by atoms with Crippen LogP contribution in [0.3, 0.4) is 0 Å². The maximum absolute atomic E-state index is 12.0. The van der Waals surface area contributed by atoms with Crippen molar-refractivity contribution in [3.63, 3.8) is 0 Å². The lowest BCUT2D eigenvalue weighted by Crippen LogP contribution is -2.24. The van der Waals surface area contributed by atoms with E-state index in [2.05, 4.69) is 5.32 Å². The summed E-state index contributed by atoms with van der Waals surface area (Å²) < 4.78 is 10.4. The van der Waals surface area contributed by atoms with E-state index >= 15 is 0 Å². The summed E-state index contributed by atoms with van der Waals surface area (Å²) >= 11 is 0. The molecule has 0 heterocycles. The Bertz CT molecular complexity index is 630. The molecule has 0 atom stereocenters. The lowest BCUT2D eigenvalue weighted by molar-refractivity contribution is -0.120. The van der Waals surface area contributed by atoms with Crippen molar-refractivity contribution in [1.82, 2.24) is 5.32 Å². The van der Waals surface area contributed by atoms with E-state index in [-0.39, 0.29) is 5.91 Å². The maximum atomic E-state index is 12.0. The van der Waals surface area contributed by atoms with Gasteiger partial charge in [0, 0.05) is 12.6 Å². The molecule has 0 aromatic heterocycles. The Morgan fingerprint density at radius 2 is 1.68 bits per heavy atom. The predicted molar refractivity (Wildman–Crippen MR) is 86.3 cm³/mol. The average Bonchev–Trinajstić information content (AvgIpc) is 2.52. The van der Waals surface area contributed by atoms with Crippen LogP contribution in [0, 0.1) is 6.92 Å². The summed E-state index contributed by atoms with van der Waals surface area (Å²) in [5, 5.41) is 2.92. The molecule has 0 bridgehead atoms. The number of ether oxygens (including phenoxy) is 2. The van der Waals surface area contributed by atoms with Gasteiger partial charge in [-0.05, 0) is 30.2 Å². The number of amides is 1. The predicted octanol–water partition coefficient (Wildman–Crippen LogP) is 2.87. The third kappa shape index (κ3) is 4.52. The minimum absolute atomic E-state index is 0.00705. The van der Waals surface area contributed by atoms with Crippen molar-refractivity contribution < 1.29 is 14.3 Å². The topological polar surface area (TPSA) is 47.6 Å². The molecule has 1 amide bonds. The van der Waals surface area contributed by atoms with Crippen LogP contribution in [-0.4, -0.2) is 20.1 Å². The highest BCUT2D eigenvalue weighted by atomic mass is 16.5. The Balaban J connectivity index is 1.96. The Hall–Kier alpha value is -2.49. The number of aryl methyl sites for hydroxylation is 1. The van der Waals surface area contributed by atoms with Gasteiger partial charge in [0.15, 0.2) is 0 Å². The van der Waals surface area contributed by atoms with Gasteiger partial charge in [-0.1, -0.05) is 29.8 Å². The van der Waals surface area contributed by atoms with E-state index in [1.54, 1.807) is 20.3 Å². The van der Waals surface area contributed by atoms with Crippen LogP contribution in [-0.2, 0) is 17.8 Å². The number of carbonyl (C=O) groups is 1. The minimum Gasteiger partial charge on any atom is -0.497 e. The van der Waals surface area contributed by atoms with Gasteiger partial charge in [0.2, 0.25) is 5.91 Å². The lowest BCUT2D eigenvalue weighted by Gasteiger charge is -2.10. The highest BCUT2D eigenvalue weighted by Gasteiger charge is 2.06. The van der Waals surface area contributed by atoms with Crippen LogP contribution < -0.4 is 14.8 Å². The van der Waals surface area contributed by atoms with Crippen molar-refractivity contribution in [2.45, 2.75) is 19.9 Å². The number of hydrogen-bond donors (Lipinski definition) is 1. The van der Waals surface area contributed by atoms with Crippen LogP contribution in [0.15, 0.2) is 42.5 Å². The zero-order chi connectivity index (χ0) is 15.9. The van der Waals surface area contributed by atoms with Crippen molar-refractivity contribution in [3.05, 3.63) is 59.2 Å². The monoisotopic (exact) mass is 299 g/mol. The molecule has 0 spiro atoms.